The van der Waals surface area contributed by atoms with Crippen molar-refractivity contribution >= 4 is 11.7 Å². The van der Waals surface area contributed by atoms with Crippen molar-refractivity contribution in [2.75, 3.05) is 11.4 Å². The predicted molar refractivity (Wildman–Crippen MR) is 105 cm³/mol. The van der Waals surface area contributed by atoms with Crippen LogP contribution in [0.1, 0.15) is 56.9 Å². The van der Waals surface area contributed by atoms with Crippen molar-refractivity contribution in [3.05, 3.63) is 42.1 Å². The number of nitrogens with one attached hydrogen (secondary N) is 1. The molecular formula is C21H28N4O. The standard InChI is InChI=1S/C21H28N4O/c1-4-17-12-8-9-13-25(17)19-14-18(21(26)22-15(2)3)23-20(24-19)16-10-6-5-7-11-16/h5-7,10-11,14-15,17H,4,8-9,12-13H2,1-3H3,(H,22,26). The lowest BCUT2D eigenvalue weighted by Gasteiger charge is -2.36. The predicted octanol–water partition coefficient (Wildman–Crippen LogP) is 4.05. The molecule has 3 rings (SSSR count). The van der Waals surface area contributed by atoms with Gasteiger partial charge in [-0.15, -0.1) is 0 Å². The van der Waals surface area contributed by atoms with Gasteiger partial charge in [-0.3, -0.25) is 4.79 Å². The summed E-state index contributed by atoms with van der Waals surface area (Å²) in [5, 5.41) is 2.95. The van der Waals surface area contributed by atoms with Crippen LogP contribution in [-0.2, 0) is 0 Å². The maximum Gasteiger partial charge on any atom is 0.270 e. The number of carbonyl (C=O) groups is 1. The second-order valence-corrected chi connectivity index (χ2v) is 7.18. The van der Waals surface area contributed by atoms with Gasteiger partial charge in [0.2, 0.25) is 0 Å². The fourth-order valence-corrected chi connectivity index (χ4v) is 3.48. The molecule has 0 saturated carbocycles. The van der Waals surface area contributed by atoms with Crippen molar-refractivity contribution < 1.29 is 4.79 Å². The molecule has 2 aromatic rings. The first-order valence-electron chi connectivity index (χ1n) is 9.60. The minimum absolute atomic E-state index is 0.0690. The molecule has 1 atom stereocenters. The van der Waals surface area contributed by atoms with Crippen LogP contribution < -0.4 is 10.2 Å². The highest BCUT2D eigenvalue weighted by Crippen LogP contribution is 2.27. The first-order valence-corrected chi connectivity index (χ1v) is 9.60. The number of amides is 1. The Morgan fingerprint density at radius 3 is 2.69 bits per heavy atom. The Morgan fingerprint density at radius 2 is 2.00 bits per heavy atom. The normalized spacial score (nSPS) is 17.4. The highest BCUT2D eigenvalue weighted by atomic mass is 16.1. The maximum atomic E-state index is 12.6. The topological polar surface area (TPSA) is 58.1 Å². The summed E-state index contributed by atoms with van der Waals surface area (Å²) in [5.41, 5.74) is 1.36. The molecule has 5 nitrogen and oxygen atoms in total. The van der Waals surface area contributed by atoms with Gasteiger partial charge in [0.25, 0.3) is 5.91 Å². The fraction of sp³-hybridized carbons (Fsp3) is 0.476. The third-order valence-electron chi connectivity index (χ3n) is 4.79. The average Bonchev–Trinajstić information content (AvgIpc) is 2.67. The van der Waals surface area contributed by atoms with Crippen LogP contribution in [0.2, 0.25) is 0 Å². The van der Waals surface area contributed by atoms with Crippen LogP contribution in [0.5, 0.6) is 0 Å². The molecule has 1 aromatic heterocycles. The lowest BCUT2D eigenvalue weighted by atomic mass is 10.00. The summed E-state index contributed by atoms with van der Waals surface area (Å²) < 4.78 is 0. The van der Waals surface area contributed by atoms with E-state index in [0.29, 0.717) is 17.6 Å². The molecule has 1 aromatic carbocycles. The van der Waals surface area contributed by atoms with Crippen molar-refractivity contribution in [1.82, 2.24) is 15.3 Å². The first kappa shape index (κ1) is 18.4. The number of anilines is 1. The van der Waals surface area contributed by atoms with Gasteiger partial charge < -0.3 is 10.2 Å². The molecule has 1 amide bonds. The number of piperidine rings is 1. The van der Waals surface area contributed by atoms with Gasteiger partial charge in [-0.05, 0) is 39.5 Å². The van der Waals surface area contributed by atoms with Gasteiger partial charge >= 0.3 is 0 Å². The smallest absolute Gasteiger partial charge is 0.270 e. The Kier molecular flexibility index (Phi) is 5.86. The molecule has 0 aliphatic carbocycles. The highest BCUT2D eigenvalue weighted by molar-refractivity contribution is 5.93. The van der Waals surface area contributed by atoms with Gasteiger partial charge in [-0.1, -0.05) is 37.3 Å². The van der Waals surface area contributed by atoms with E-state index in [1.165, 1.54) is 12.8 Å². The molecule has 1 N–H and O–H groups in total. The molecule has 0 radical (unpaired) electrons. The summed E-state index contributed by atoms with van der Waals surface area (Å²) in [5.74, 6) is 1.32. The summed E-state index contributed by atoms with van der Waals surface area (Å²) >= 11 is 0. The summed E-state index contributed by atoms with van der Waals surface area (Å²) in [6, 6.07) is 12.3. The Balaban J connectivity index is 2.04. The molecule has 2 heterocycles. The van der Waals surface area contributed by atoms with E-state index in [2.05, 4.69) is 22.1 Å². The van der Waals surface area contributed by atoms with E-state index in [-0.39, 0.29) is 11.9 Å². The Labute approximate surface area is 155 Å². The van der Waals surface area contributed by atoms with Gasteiger partial charge in [0.05, 0.1) is 0 Å². The number of carbonyl (C=O) groups excluding carboxylic acids is 1. The first-order chi connectivity index (χ1) is 12.6. The molecule has 1 aliphatic rings. The van der Waals surface area contributed by atoms with E-state index in [9.17, 15) is 4.79 Å². The number of hydrogen-bond acceptors (Lipinski definition) is 4. The van der Waals surface area contributed by atoms with Crippen LogP contribution in [0.4, 0.5) is 5.82 Å². The van der Waals surface area contributed by atoms with Crippen molar-refractivity contribution in [2.45, 2.75) is 58.5 Å². The maximum absolute atomic E-state index is 12.6. The zero-order chi connectivity index (χ0) is 18.5. The second kappa shape index (κ2) is 8.30. The molecule has 1 fully saturated rings. The van der Waals surface area contributed by atoms with Gasteiger partial charge in [0.15, 0.2) is 5.82 Å². The van der Waals surface area contributed by atoms with Crippen LogP contribution >= 0.6 is 0 Å². The van der Waals surface area contributed by atoms with E-state index in [1.54, 1.807) is 0 Å². The Hall–Kier alpha value is -2.43. The lowest BCUT2D eigenvalue weighted by Crippen LogP contribution is -2.40. The third-order valence-corrected chi connectivity index (χ3v) is 4.79. The third kappa shape index (κ3) is 4.21. The molecule has 0 spiro atoms. The van der Waals surface area contributed by atoms with Crippen LogP contribution in [0, 0.1) is 0 Å². The molecule has 5 heteroatoms. The quantitative estimate of drug-likeness (QED) is 0.882. The average molecular weight is 352 g/mol. The molecule has 138 valence electrons. The minimum Gasteiger partial charge on any atom is -0.354 e. The Morgan fingerprint density at radius 1 is 1.23 bits per heavy atom. The van der Waals surface area contributed by atoms with E-state index in [4.69, 9.17) is 4.98 Å². The van der Waals surface area contributed by atoms with Gasteiger partial charge in [-0.25, -0.2) is 9.97 Å². The fourth-order valence-electron chi connectivity index (χ4n) is 3.48. The molecule has 0 bridgehead atoms. The number of aromatic nitrogens is 2. The van der Waals surface area contributed by atoms with E-state index >= 15 is 0 Å². The number of rotatable bonds is 5. The van der Waals surface area contributed by atoms with E-state index in [0.717, 1.165) is 30.8 Å². The zero-order valence-electron chi connectivity index (χ0n) is 15.9. The van der Waals surface area contributed by atoms with Crippen molar-refractivity contribution in [1.29, 1.82) is 0 Å². The van der Waals surface area contributed by atoms with Gasteiger partial charge in [0, 0.05) is 30.3 Å². The van der Waals surface area contributed by atoms with Crippen molar-refractivity contribution in [2.24, 2.45) is 0 Å². The highest BCUT2D eigenvalue weighted by Gasteiger charge is 2.24. The largest absolute Gasteiger partial charge is 0.354 e. The molecule has 1 unspecified atom stereocenters. The summed E-state index contributed by atoms with van der Waals surface area (Å²) in [6.45, 7) is 7.11. The summed E-state index contributed by atoms with van der Waals surface area (Å²) in [6.07, 6.45) is 4.67. The summed E-state index contributed by atoms with van der Waals surface area (Å²) in [7, 11) is 0. The van der Waals surface area contributed by atoms with Crippen molar-refractivity contribution in [3.8, 4) is 11.4 Å². The SMILES string of the molecule is CCC1CCCCN1c1cc(C(=O)NC(C)C)nc(-c2ccccc2)n1. The van der Waals surface area contributed by atoms with E-state index in [1.807, 2.05) is 50.2 Å². The Bertz CT molecular complexity index is 745. The van der Waals surface area contributed by atoms with Gasteiger partial charge in [0.1, 0.15) is 11.5 Å². The van der Waals surface area contributed by atoms with Gasteiger partial charge in [-0.2, -0.15) is 0 Å². The zero-order valence-corrected chi connectivity index (χ0v) is 15.9. The number of nitrogens with zero attached hydrogens (tertiary/aromatic N) is 3. The van der Waals surface area contributed by atoms with Crippen LogP contribution in [0.15, 0.2) is 36.4 Å². The minimum atomic E-state index is -0.147. The number of benzene rings is 1. The monoisotopic (exact) mass is 352 g/mol. The van der Waals surface area contributed by atoms with Crippen molar-refractivity contribution in [3.63, 3.8) is 0 Å². The van der Waals surface area contributed by atoms with E-state index < -0.39 is 0 Å². The molecular weight excluding hydrogens is 324 g/mol. The number of hydrogen-bond donors (Lipinski definition) is 1. The molecule has 1 aliphatic heterocycles. The van der Waals surface area contributed by atoms with Crippen LogP contribution in [0.3, 0.4) is 0 Å². The van der Waals surface area contributed by atoms with Crippen LogP contribution in [0.25, 0.3) is 11.4 Å². The van der Waals surface area contributed by atoms with Crippen LogP contribution in [-0.4, -0.2) is 34.5 Å². The molecule has 26 heavy (non-hydrogen) atoms. The second-order valence-electron chi connectivity index (χ2n) is 7.18. The molecule has 1 saturated heterocycles. The summed E-state index contributed by atoms with van der Waals surface area (Å²) in [4.78, 5) is 24.3. The lowest BCUT2D eigenvalue weighted by molar-refractivity contribution is 0.0938.